The Bertz CT molecular complexity index is 614. The molecule has 6 heteroatoms. The number of phenolic OH excluding ortho intramolecular Hbond substituents is 1. The number of hydrogen-bond acceptors (Lipinski definition) is 2. The van der Waals surface area contributed by atoms with Crippen LogP contribution in [-0.2, 0) is 12.7 Å². The predicted octanol–water partition coefficient (Wildman–Crippen LogP) is 4.68. The summed E-state index contributed by atoms with van der Waals surface area (Å²) in [5.74, 6) is 0.0723. The van der Waals surface area contributed by atoms with Crippen LogP contribution in [0.5, 0.6) is 5.75 Å². The van der Waals surface area contributed by atoms with Crippen LogP contribution < -0.4 is 5.32 Å². The lowest BCUT2D eigenvalue weighted by Crippen LogP contribution is -2.07. The molecular weight excluding hydrogens is 291 g/mol. The molecule has 0 aliphatic heterocycles. The van der Waals surface area contributed by atoms with Crippen LogP contribution in [0.3, 0.4) is 0 Å². The number of rotatable bonds is 3. The van der Waals surface area contributed by atoms with Gasteiger partial charge in [0.1, 0.15) is 5.75 Å². The largest absolute Gasteiger partial charge is 0.508 e. The fraction of sp³-hybridized carbons (Fsp3) is 0.143. The van der Waals surface area contributed by atoms with Crippen LogP contribution in [0.1, 0.15) is 11.1 Å². The van der Waals surface area contributed by atoms with Gasteiger partial charge in [-0.3, -0.25) is 0 Å². The zero-order valence-corrected chi connectivity index (χ0v) is 11.0. The van der Waals surface area contributed by atoms with E-state index in [0.29, 0.717) is 5.56 Å². The van der Waals surface area contributed by atoms with Gasteiger partial charge < -0.3 is 10.4 Å². The molecule has 2 nitrogen and oxygen atoms in total. The van der Waals surface area contributed by atoms with Gasteiger partial charge in [0.25, 0.3) is 0 Å². The number of halogens is 4. The lowest BCUT2D eigenvalue weighted by molar-refractivity contribution is -0.137. The summed E-state index contributed by atoms with van der Waals surface area (Å²) in [6.07, 6.45) is -4.42. The Morgan fingerprint density at radius 2 is 1.80 bits per heavy atom. The van der Waals surface area contributed by atoms with Crippen LogP contribution in [-0.4, -0.2) is 5.11 Å². The molecule has 0 saturated carbocycles. The Labute approximate surface area is 118 Å². The molecule has 0 amide bonds. The molecule has 0 radical (unpaired) electrons. The second kappa shape index (κ2) is 5.63. The minimum absolute atomic E-state index is 0.0723. The van der Waals surface area contributed by atoms with Gasteiger partial charge >= 0.3 is 6.18 Å². The molecule has 0 aromatic heterocycles. The molecule has 2 aromatic rings. The van der Waals surface area contributed by atoms with Crippen molar-refractivity contribution in [2.24, 2.45) is 0 Å². The molecule has 0 bridgehead atoms. The molecule has 0 fully saturated rings. The first-order valence-electron chi connectivity index (χ1n) is 5.75. The van der Waals surface area contributed by atoms with E-state index in [0.717, 1.165) is 12.1 Å². The minimum atomic E-state index is -4.42. The van der Waals surface area contributed by atoms with Crippen molar-refractivity contribution in [1.29, 1.82) is 0 Å². The van der Waals surface area contributed by atoms with E-state index in [-0.39, 0.29) is 23.0 Å². The maximum Gasteiger partial charge on any atom is 0.416 e. The summed E-state index contributed by atoms with van der Waals surface area (Å²) in [5.41, 5.74) is -0.0348. The van der Waals surface area contributed by atoms with E-state index in [4.69, 9.17) is 11.6 Å². The molecule has 0 saturated heterocycles. The van der Waals surface area contributed by atoms with Gasteiger partial charge in [-0.15, -0.1) is 0 Å². The summed E-state index contributed by atoms with van der Waals surface area (Å²) in [7, 11) is 0. The van der Waals surface area contributed by atoms with Crippen molar-refractivity contribution in [3.05, 3.63) is 58.6 Å². The maximum absolute atomic E-state index is 12.6. The third-order valence-corrected chi connectivity index (χ3v) is 3.08. The topological polar surface area (TPSA) is 32.3 Å². The molecule has 0 unspecified atom stereocenters. The normalized spacial score (nSPS) is 11.4. The lowest BCUT2D eigenvalue weighted by Gasteiger charge is -2.13. The second-order valence-electron chi connectivity index (χ2n) is 4.17. The van der Waals surface area contributed by atoms with Crippen molar-refractivity contribution >= 4 is 17.3 Å². The number of hydrogen-bond donors (Lipinski definition) is 2. The number of aromatic hydroxyl groups is 1. The highest BCUT2D eigenvalue weighted by atomic mass is 35.5. The molecule has 0 spiro atoms. The molecule has 0 heterocycles. The van der Waals surface area contributed by atoms with Crippen molar-refractivity contribution < 1.29 is 18.3 Å². The van der Waals surface area contributed by atoms with Gasteiger partial charge in [0, 0.05) is 12.1 Å². The van der Waals surface area contributed by atoms with Crippen LogP contribution in [0.25, 0.3) is 0 Å². The Hall–Kier alpha value is -1.88. The Morgan fingerprint density at radius 1 is 1.10 bits per heavy atom. The van der Waals surface area contributed by atoms with Gasteiger partial charge in [-0.05, 0) is 24.3 Å². The van der Waals surface area contributed by atoms with E-state index < -0.39 is 11.7 Å². The minimum Gasteiger partial charge on any atom is -0.508 e. The predicted molar refractivity (Wildman–Crippen MR) is 71.9 cm³/mol. The number of benzene rings is 2. The maximum atomic E-state index is 12.6. The van der Waals surface area contributed by atoms with Gasteiger partial charge in [-0.1, -0.05) is 29.8 Å². The summed E-state index contributed by atoms with van der Waals surface area (Å²) < 4.78 is 37.8. The second-order valence-corrected chi connectivity index (χ2v) is 4.58. The van der Waals surface area contributed by atoms with Crippen LogP contribution in [0.4, 0.5) is 18.9 Å². The third kappa shape index (κ3) is 3.36. The van der Waals surface area contributed by atoms with Crippen molar-refractivity contribution in [1.82, 2.24) is 0 Å². The first kappa shape index (κ1) is 14.5. The van der Waals surface area contributed by atoms with Gasteiger partial charge in [0.2, 0.25) is 0 Å². The van der Waals surface area contributed by atoms with Crippen molar-refractivity contribution in [2.45, 2.75) is 12.7 Å². The Kier molecular flexibility index (Phi) is 4.09. The fourth-order valence-corrected chi connectivity index (χ4v) is 1.87. The molecule has 2 N–H and O–H groups in total. The molecule has 0 aliphatic rings. The van der Waals surface area contributed by atoms with E-state index in [9.17, 15) is 18.3 Å². The van der Waals surface area contributed by atoms with Crippen LogP contribution >= 0.6 is 11.6 Å². The monoisotopic (exact) mass is 301 g/mol. The standard InChI is InChI=1S/C14H11ClF3NO/c15-11-6-5-10(14(16,17)18)7-12(11)19-8-9-3-1-2-4-13(9)20/h1-7,19-20H,8H2. The molecule has 2 aromatic carbocycles. The average molecular weight is 302 g/mol. The van der Waals surface area contributed by atoms with Crippen molar-refractivity contribution in [3.63, 3.8) is 0 Å². The van der Waals surface area contributed by atoms with E-state index in [2.05, 4.69) is 5.32 Å². The van der Waals surface area contributed by atoms with Crippen LogP contribution in [0.2, 0.25) is 5.02 Å². The molecule has 20 heavy (non-hydrogen) atoms. The van der Waals surface area contributed by atoms with Gasteiger partial charge in [-0.2, -0.15) is 13.2 Å². The number of phenols is 1. The van der Waals surface area contributed by atoms with Crippen molar-refractivity contribution in [2.75, 3.05) is 5.32 Å². The number of anilines is 1. The third-order valence-electron chi connectivity index (χ3n) is 2.75. The smallest absolute Gasteiger partial charge is 0.416 e. The molecule has 106 valence electrons. The molecule has 0 atom stereocenters. The van der Waals surface area contributed by atoms with E-state index in [1.165, 1.54) is 12.1 Å². The van der Waals surface area contributed by atoms with E-state index in [1.54, 1.807) is 18.2 Å². The number of para-hydroxylation sites is 1. The first-order valence-corrected chi connectivity index (χ1v) is 6.13. The Morgan fingerprint density at radius 3 is 2.45 bits per heavy atom. The zero-order valence-electron chi connectivity index (χ0n) is 10.2. The number of alkyl halides is 3. The summed E-state index contributed by atoms with van der Waals surface area (Å²) in [6.45, 7) is 0.174. The highest BCUT2D eigenvalue weighted by molar-refractivity contribution is 6.33. The SMILES string of the molecule is Oc1ccccc1CNc1cc(C(F)(F)F)ccc1Cl. The zero-order chi connectivity index (χ0) is 14.8. The van der Waals surface area contributed by atoms with Crippen LogP contribution in [0.15, 0.2) is 42.5 Å². The Balaban J connectivity index is 2.19. The van der Waals surface area contributed by atoms with Crippen LogP contribution in [0, 0.1) is 0 Å². The number of nitrogens with one attached hydrogen (secondary N) is 1. The fourth-order valence-electron chi connectivity index (χ4n) is 1.69. The molecule has 0 aliphatic carbocycles. The summed E-state index contributed by atoms with van der Waals surface area (Å²) in [5, 5.41) is 12.6. The average Bonchev–Trinajstić information content (AvgIpc) is 2.38. The highest BCUT2D eigenvalue weighted by Crippen LogP contribution is 2.34. The van der Waals surface area contributed by atoms with Gasteiger partial charge in [0.15, 0.2) is 0 Å². The van der Waals surface area contributed by atoms with E-state index in [1.807, 2.05) is 0 Å². The molecule has 2 rings (SSSR count). The van der Waals surface area contributed by atoms with Gasteiger partial charge in [-0.25, -0.2) is 0 Å². The summed E-state index contributed by atoms with van der Waals surface area (Å²) in [4.78, 5) is 0. The highest BCUT2D eigenvalue weighted by Gasteiger charge is 2.30. The van der Waals surface area contributed by atoms with Gasteiger partial charge in [0.05, 0.1) is 16.3 Å². The molecular formula is C14H11ClF3NO. The summed E-state index contributed by atoms with van der Waals surface area (Å²) >= 11 is 5.86. The lowest BCUT2D eigenvalue weighted by atomic mass is 10.1. The quantitative estimate of drug-likeness (QED) is 0.863. The summed E-state index contributed by atoms with van der Waals surface area (Å²) in [6, 6.07) is 9.63. The van der Waals surface area contributed by atoms with Crippen molar-refractivity contribution in [3.8, 4) is 5.75 Å². The van der Waals surface area contributed by atoms with E-state index >= 15 is 0 Å². The first-order chi connectivity index (χ1) is 9.38.